The second-order valence-corrected chi connectivity index (χ2v) is 4.67. The molecule has 1 aromatic carbocycles. The van der Waals surface area contributed by atoms with Crippen LogP contribution in [0.25, 0.3) is 0 Å². The van der Waals surface area contributed by atoms with Gasteiger partial charge in [0.1, 0.15) is 6.10 Å². The minimum absolute atomic E-state index is 0.334. The van der Waals surface area contributed by atoms with E-state index >= 15 is 0 Å². The molecule has 92 valence electrons. The molecule has 0 aromatic heterocycles. The van der Waals surface area contributed by atoms with Crippen molar-refractivity contribution < 1.29 is 14.6 Å². The maximum atomic E-state index is 11.9. The Morgan fingerprint density at radius 3 is 2.82 bits per heavy atom. The Hall–Kier alpha value is -1.35. The van der Waals surface area contributed by atoms with Crippen molar-refractivity contribution >= 4 is 5.97 Å². The number of rotatable bonds is 2. The summed E-state index contributed by atoms with van der Waals surface area (Å²) in [6.45, 7) is 1.94. The van der Waals surface area contributed by atoms with E-state index in [1.165, 1.54) is 0 Å². The fraction of sp³-hybridized carbons (Fsp3) is 0.500. The van der Waals surface area contributed by atoms with Gasteiger partial charge in [0.15, 0.2) is 0 Å². The lowest BCUT2D eigenvalue weighted by atomic mass is 9.95. The number of esters is 1. The van der Waals surface area contributed by atoms with Gasteiger partial charge in [-0.15, -0.1) is 0 Å². The van der Waals surface area contributed by atoms with Crippen LogP contribution in [0.4, 0.5) is 0 Å². The quantitative estimate of drug-likeness (QED) is 0.799. The zero-order valence-electron chi connectivity index (χ0n) is 10.1. The van der Waals surface area contributed by atoms with Crippen molar-refractivity contribution in [3.05, 3.63) is 35.4 Å². The van der Waals surface area contributed by atoms with Crippen molar-refractivity contribution in [1.29, 1.82) is 0 Å². The number of aliphatic hydroxyl groups excluding tert-OH is 1. The molecule has 17 heavy (non-hydrogen) atoms. The third-order valence-electron chi connectivity index (χ3n) is 3.18. The molecule has 0 unspecified atom stereocenters. The van der Waals surface area contributed by atoms with E-state index in [0.717, 1.165) is 31.2 Å². The van der Waals surface area contributed by atoms with Gasteiger partial charge in [-0.2, -0.15) is 0 Å². The summed E-state index contributed by atoms with van der Waals surface area (Å²) in [5, 5.41) is 9.74. The molecule has 0 amide bonds. The molecular weight excluding hydrogens is 216 g/mol. The topological polar surface area (TPSA) is 46.5 Å². The molecule has 0 bridgehead atoms. The number of carbonyl (C=O) groups excluding carboxylic acids is 1. The van der Waals surface area contributed by atoms with Crippen molar-refractivity contribution in [1.82, 2.24) is 0 Å². The molecule has 0 heterocycles. The highest BCUT2D eigenvalue weighted by atomic mass is 16.6. The zero-order chi connectivity index (χ0) is 12.3. The van der Waals surface area contributed by atoms with E-state index in [1.807, 2.05) is 19.1 Å². The fourth-order valence-electron chi connectivity index (χ4n) is 2.19. The first-order chi connectivity index (χ1) is 8.16. The van der Waals surface area contributed by atoms with Crippen LogP contribution in [0.1, 0.15) is 41.6 Å². The highest BCUT2D eigenvalue weighted by Crippen LogP contribution is 2.22. The van der Waals surface area contributed by atoms with Crippen molar-refractivity contribution in [2.75, 3.05) is 0 Å². The summed E-state index contributed by atoms with van der Waals surface area (Å²) in [5.41, 5.74) is 1.59. The molecule has 1 aliphatic carbocycles. The number of hydrogen-bond donors (Lipinski definition) is 1. The zero-order valence-corrected chi connectivity index (χ0v) is 10.1. The van der Waals surface area contributed by atoms with Gasteiger partial charge in [-0.1, -0.05) is 24.1 Å². The maximum absolute atomic E-state index is 11.9. The van der Waals surface area contributed by atoms with E-state index < -0.39 is 6.10 Å². The van der Waals surface area contributed by atoms with E-state index in [-0.39, 0.29) is 12.1 Å². The predicted molar refractivity (Wildman–Crippen MR) is 64.9 cm³/mol. The van der Waals surface area contributed by atoms with Gasteiger partial charge in [-0.05, 0) is 38.3 Å². The van der Waals surface area contributed by atoms with Gasteiger partial charge in [0, 0.05) is 0 Å². The fourth-order valence-corrected chi connectivity index (χ4v) is 2.19. The van der Waals surface area contributed by atoms with Crippen LogP contribution in [0.5, 0.6) is 0 Å². The molecule has 1 N–H and O–H groups in total. The van der Waals surface area contributed by atoms with E-state index in [2.05, 4.69) is 0 Å². The third kappa shape index (κ3) is 3.07. The first-order valence-electron chi connectivity index (χ1n) is 6.12. The van der Waals surface area contributed by atoms with Crippen LogP contribution in [0, 0.1) is 6.92 Å². The Balaban J connectivity index is 2.01. The molecule has 0 saturated heterocycles. The number of aliphatic hydroxyl groups is 1. The molecule has 0 radical (unpaired) electrons. The summed E-state index contributed by atoms with van der Waals surface area (Å²) >= 11 is 0. The minimum Gasteiger partial charge on any atom is -0.456 e. The summed E-state index contributed by atoms with van der Waals surface area (Å²) in [5.74, 6) is -0.334. The molecule has 1 aliphatic rings. The van der Waals surface area contributed by atoms with E-state index in [4.69, 9.17) is 4.74 Å². The number of carbonyl (C=O) groups is 1. The average molecular weight is 234 g/mol. The van der Waals surface area contributed by atoms with Gasteiger partial charge in [0.2, 0.25) is 0 Å². The van der Waals surface area contributed by atoms with Crippen LogP contribution in [0.15, 0.2) is 24.3 Å². The summed E-state index contributed by atoms with van der Waals surface area (Å²) in [6, 6.07) is 7.32. The summed E-state index contributed by atoms with van der Waals surface area (Å²) in [7, 11) is 0. The second-order valence-electron chi connectivity index (χ2n) is 4.67. The van der Waals surface area contributed by atoms with Gasteiger partial charge in [0.05, 0.1) is 11.7 Å². The van der Waals surface area contributed by atoms with Crippen LogP contribution in [-0.4, -0.2) is 23.3 Å². The number of benzene rings is 1. The lowest BCUT2D eigenvalue weighted by Gasteiger charge is -2.27. The highest BCUT2D eigenvalue weighted by molar-refractivity contribution is 5.89. The number of hydrogen-bond acceptors (Lipinski definition) is 3. The third-order valence-corrected chi connectivity index (χ3v) is 3.18. The normalized spacial score (nSPS) is 24.4. The Morgan fingerprint density at radius 2 is 2.12 bits per heavy atom. The molecule has 0 aliphatic heterocycles. The van der Waals surface area contributed by atoms with Crippen molar-refractivity contribution in [3.8, 4) is 0 Å². The van der Waals surface area contributed by atoms with Gasteiger partial charge in [-0.25, -0.2) is 4.79 Å². The Kier molecular flexibility index (Phi) is 3.79. The Bertz CT molecular complexity index is 400. The Morgan fingerprint density at radius 1 is 1.35 bits per heavy atom. The standard InChI is InChI=1S/C14H18O3/c1-10-5-4-6-11(9-10)14(16)17-13-8-3-2-7-12(13)15/h4-6,9,12-13,15H,2-3,7-8H2,1H3/t12-,13-/m1/s1. The Labute approximate surface area is 101 Å². The summed E-state index contributed by atoms with van der Waals surface area (Å²) in [6.07, 6.45) is 2.68. The van der Waals surface area contributed by atoms with Crippen LogP contribution in [0.3, 0.4) is 0 Å². The highest BCUT2D eigenvalue weighted by Gasteiger charge is 2.26. The molecule has 2 rings (SSSR count). The smallest absolute Gasteiger partial charge is 0.338 e. The second kappa shape index (κ2) is 5.32. The number of ether oxygens (including phenoxy) is 1. The first-order valence-corrected chi connectivity index (χ1v) is 6.12. The molecular formula is C14H18O3. The molecule has 3 heteroatoms. The molecule has 2 atom stereocenters. The van der Waals surface area contributed by atoms with E-state index in [0.29, 0.717) is 5.56 Å². The monoisotopic (exact) mass is 234 g/mol. The van der Waals surface area contributed by atoms with E-state index in [1.54, 1.807) is 12.1 Å². The molecule has 3 nitrogen and oxygen atoms in total. The van der Waals surface area contributed by atoms with E-state index in [9.17, 15) is 9.90 Å². The number of aryl methyl sites for hydroxylation is 1. The van der Waals surface area contributed by atoms with Crippen LogP contribution < -0.4 is 0 Å². The summed E-state index contributed by atoms with van der Waals surface area (Å²) < 4.78 is 5.36. The van der Waals surface area contributed by atoms with Crippen molar-refractivity contribution in [3.63, 3.8) is 0 Å². The molecule has 1 saturated carbocycles. The lowest BCUT2D eigenvalue weighted by molar-refractivity contribution is -0.0360. The largest absolute Gasteiger partial charge is 0.456 e. The maximum Gasteiger partial charge on any atom is 0.338 e. The van der Waals surface area contributed by atoms with Crippen LogP contribution in [-0.2, 0) is 4.74 Å². The van der Waals surface area contributed by atoms with Gasteiger partial charge in [-0.3, -0.25) is 0 Å². The minimum atomic E-state index is -0.502. The van der Waals surface area contributed by atoms with Gasteiger partial charge in [0.25, 0.3) is 0 Å². The first kappa shape index (κ1) is 12.1. The molecule has 1 aromatic rings. The molecule has 0 spiro atoms. The SMILES string of the molecule is Cc1cccc(C(=O)O[C@@H]2CCCC[C@H]2O)c1. The van der Waals surface area contributed by atoms with Gasteiger partial charge < -0.3 is 9.84 Å². The van der Waals surface area contributed by atoms with Crippen LogP contribution >= 0.6 is 0 Å². The van der Waals surface area contributed by atoms with Gasteiger partial charge >= 0.3 is 5.97 Å². The molecule has 1 fully saturated rings. The van der Waals surface area contributed by atoms with Crippen LogP contribution in [0.2, 0.25) is 0 Å². The lowest BCUT2D eigenvalue weighted by Crippen LogP contribution is -2.34. The van der Waals surface area contributed by atoms with Crippen molar-refractivity contribution in [2.45, 2.75) is 44.8 Å². The predicted octanol–water partition coefficient (Wildman–Crippen LogP) is 2.46. The average Bonchev–Trinajstić information content (AvgIpc) is 2.32. The van der Waals surface area contributed by atoms with Crippen molar-refractivity contribution in [2.24, 2.45) is 0 Å². The summed E-state index contributed by atoms with van der Waals surface area (Å²) in [4.78, 5) is 11.9.